The van der Waals surface area contributed by atoms with E-state index in [9.17, 15) is 62.6 Å². The van der Waals surface area contributed by atoms with Gasteiger partial charge in [-0.25, -0.2) is 0 Å². The van der Waals surface area contributed by atoms with Gasteiger partial charge in [-0.2, -0.15) is 0 Å². The molecule has 0 bridgehead atoms. The molecule has 0 unspecified atom stereocenters. The van der Waals surface area contributed by atoms with E-state index in [0.29, 0.717) is 17.4 Å². The zero-order valence-electron chi connectivity index (χ0n) is 51.1. The van der Waals surface area contributed by atoms with Crippen molar-refractivity contribution in [1.29, 1.82) is 0 Å². The molecular weight excluding hydrogens is 1170 g/mol. The van der Waals surface area contributed by atoms with E-state index in [1.165, 1.54) is 35.4 Å². The van der Waals surface area contributed by atoms with Crippen molar-refractivity contribution >= 4 is 83.7 Å². The van der Waals surface area contributed by atoms with Crippen LogP contribution < -0.4 is 65.5 Å². The van der Waals surface area contributed by atoms with Crippen LogP contribution in [-0.2, 0) is 76.8 Å². The van der Waals surface area contributed by atoms with Crippen molar-refractivity contribution in [2.45, 2.75) is 166 Å². The Morgan fingerprint density at radius 1 is 0.562 bits per heavy atom. The Morgan fingerprint density at radius 2 is 1.03 bits per heavy atom. The Kier molecular flexibility index (Phi) is 31.1. The summed E-state index contributed by atoms with van der Waals surface area (Å²) in [5, 5.41) is 31.4. The Balaban J connectivity index is 0.0000207. The molecule has 3 aromatic rings. The lowest BCUT2D eigenvalue weighted by Crippen LogP contribution is -2.61. The lowest BCUT2D eigenvalue weighted by Gasteiger charge is -2.31. The molecule has 0 radical (unpaired) electrons. The molecule has 4 rings (SSSR count). The van der Waals surface area contributed by atoms with E-state index < -0.39 is 150 Å². The first-order chi connectivity index (χ1) is 41.7. The third-order valence-electron chi connectivity index (χ3n) is 14.4. The smallest absolute Gasteiger partial charge is 0.250 e. The molecule has 17 N–H and O–H groups in total. The van der Waals surface area contributed by atoms with E-state index in [-0.39, 0.29) is 82.0 Å². The lowest BCUT2D eigenvalue weighted by molar-refractivity contribution is -0.141. The lowest BCUT2D eigenvalue weighted by atomic mass is 9.98. The molecule has 0 saturated carbocycles. The normalized spacial score (nSPS) is 15.7. The summed E-state index contributed by atoms with van der Waals surface area (Å²) in [7, 11) is 0. The van der Waals surface area contributed by atoms with Gasteiger partial charge in [-0.05, 0) is 91.6 Å². The number of carbonyl (C=O) groups is 12. The van der Waals surface area contributed by atoms with Gasteiger partial charge in [-0.1, -0.05) is 120 Å². The van der Waals surface area contributed by atoms with Crippen LogP contribution in [0.5, 0.6) is 5.75 Å². The number of hydrogen-bond donors (Lipinski definition) is 13. The standard InChI is InChI=1S/C62H87N13O13.ClH/c1-35(2)29-46(57(83)72-48(32-39-17-11-8-12-18-39)62(88)75-28-14-20-49(75)59(85)74-52(36(3)4)60(86)67-41(34-76)30-38-15-9-7-10-16-38)70-55(81)44(19-13-27-63)69-61(87)53(37(5)6)73-58(84)47(31-40-21-23-42(77)24-22-40)71-56(82)45(25-26-50(65)78)68-54(80)43(64)33-51(66)79;/h7-12,14-18,21-24,28,34-37,41,43-49,52-53,77H,13,19-20,25-27,29-33,63-64H2,1-6H3,(H2,65,78)(H2,66,79)(H,67,86)(H,68,80)(H,69,87)(H,70,81)(H,71,82)(H,72,83)(H,73,84)(H,74,85);1H/t41-,43+,44+,45+,46+,47+,48-,49+,52+,53+;/m1./s1. The van der Waals surface area contributed by atoms with Crippen LogP contribution in [0.3, 0.4) is 0 Å². The van der Waals surface area contributed by atoms with Crippen molar-refractivity contribution in [1.82, 2.24) is 47.4 Å². The number of aldehydes is 1. The number of phenolic OH excluding ortho intramolecular Hbond substituents is 1. The minimum Gasteiger partial charge on any atom is -0.508 e. The fourth-order valence-electron chi connectivity index (χ4n) is 9.65. The summed E-state index contributed by atoms with van der Waals surface area (Å²) in [6, 6.07) is 10.6. The molecular formula is C62H88ClN13O13. The number of primary amides is 2. The van der Waals surface area contributed by atoms with Gasteiger partial charge < -0.3 is 80.3 Å². The highest BCUT2D eigenvalue weighted by atomic mass is 35.5. The third kappa shape index (κ3) is 24.7. The zero-order valence-corrected chi connectivity index (χ0v) is 51.9. The maximum atomic E-state index is 14.8. The highest BCUT2D eigenvalue weighted by Crippen LogP contribution is 2.20. The summed E-state index contributed by atoms with van der Waals surface area (Å²) in [4.78, 5) is 164. The van der Waals surface area contributed by atoms with Crippen LogP contribution in [0.15, 0.2) is 97.2 Å². The predicted octanol–water partition coefficient (Wildman–Crippen LogP) is -0.401. The van der Waals surface area contributed by atoms with Gasteiger partial charge in [-0.3, -0.25) is 52.7 Å². The van der Waals surface area contributed by atoms with E-state index in [0.717, 1.165) is 5.56 Å². The van der Waals surface area contributed by atoms with E-state index in [1.54, 1.807) is 64.1 Å². The molecule has 1 aliphatic rings. The van der Waals surface area contributed by atoms with Gasteiger partial charge in [0, 0.05) is 25.5 Å². The van der Waals surface area contributed by atoms with Crippen LogP contribution in [0.2, 0.25) is 0 Å². The molecule has 0 aliphatic carbocycles. The monoisotopic (exact) mass is 1260 g/mol. The number of halogens is 1. The number of nitrogens with one attached hydrogen (secondary N) is 8. The SMILES string of the molecule is CC(C)C[C@H](NC(=O)[C@H](CCCN)NC(=O)[C@@H](NC(=O)[C@H](Cc1ccc(O)cc1)NC(=O)[C@H](CCC(N)=O)NC(=O)[C@@H](N)CC(N)=O)C(C)C)C(=O)N[C@H](Cc1ccccc1)C(=O)N1C=CC[C@H]1C(=O)N[C@H](C(=O)N[C@@H](C=O)Cc1ccccc1)C(C)C.Cl. The van der Waals surface area contributed by atoms with Crippen LogP contribution in [0.25, 0.3) is 0 Å². The summed E-state index contributed by atoms with van der Waals surface area (Å²) in [6.45, 7) is 10.4. The molecule has 11 amide bonds. The number of carbonyl (C=O) groups excluding carboxylic acids is 12. The van der Waals surface area contributed by atoms with Gasteiger partial charge in [0.15, 0.2) is 0 Å². The number of nitrogens with zero attached hydrogens (tertiary/aromatic N) is 1. The number of hydrogen-bond acceptors (Lipinski definition) is 15. The molecule has 10 atom stereocenters. The van der Waals surface area contributed by atoms with Crippen LogP contribution in [0, 0.1) is 17.8 Å². The van der Waals surface area contributed by atoms with E-state index >= 15 is 0 Å². The fourth-order valence-corrected chi connectivity index (χ4v) is 9.65. The molecule has 26 nitrogen and oxygen atoms in total. The van der Waals surface area contributed by atoms with Crippen molar-refractivity contribution in [3.8, 4) is 5.75 Å². The number of rotatable bonds is 36. The summed E-state index contributed by atoms with van der Waals surface area (Å²) < 4.78 is 0. The molecule has 486 valence electrons. The summed E-state index contributed by atoms with van der Waals surface area (Å²) >= 11 is 0. The van der Waals surface area contributed by atoms with E-state index in [2.05, 4.69) is 42.5 Å². The number of benzene rings is 3. The highest BCUT2D eigenvalue weighted by molar-refractivity contribution is 5.99. The number of phenols is 1. The molecule has 3 aromatic carbocycles. The molecule has 0 fully saturated rings. The van der Waals surface area contributed by atoms with Gasteiger partial charge in [0.1, 0.15) is 60.4 Å². The van der Waals surface area contributed by atoms with Crippen molar-refractivity contribution in [3.63, 3.8) is 0 Å². The van der Waals surface area contributed by atoms with Gasteiger partial charge in [0.25, 0.3) is 0 Å². The molecule has 1 aliphatic heterocycles. The van der Waals surface area contributed by atoms with Crippen molar-refractivity contribution < 1.29 is 62.6 Å². The minimum atomic E-state index is -1.51. The topological polar surface area (TPSA) is 429 Å². The van der Waals surface area contributed by atoms with Crippen LogP contribution in [-0.4, -0.2) is 148 Å². The van der Waals surface area contributed by atoms with Crippen molar-refractivity contribution in [2.24, 2.45) is 40.7 Å². The number of amides is 11. The zero-order chi connectivity index (χ0) is 65.2. The molecule has 1 heterocycles. The number of aromatic hydroxyl groups is 1. The summed E-state index contributed by atoms with van der Waals surface area (Å²) in [5.41, 5.74) is 24.2. The van der Waals surface area contributed by atoms with E-state index in [4.69, 9.17) is 22.9 Å². The maximum Gasteiger partial charge on any atom is 0.250 e. The average Bonchev–Trinajstić information content (AvgIpc) is 4.21. The Labute approximate surface area is 524 Å². The van der Waals surface area contributed by atoms with Crippen LogP contribution in [0.4, 0.5) is 0 Å². The second-order valence-corrected chi connectivity index (χ2v) is 23.0. The van der Waals surface area contributed by atoms with Gasteiger partial charge >= 0.3 is 0 Å². The van der Waals surface area contributed by atoms with Crippen molar-refractivity contribution in [3.05, 3.63) is 114 Å². The third-order valence-corrected chi connectivity index (χ3v) is 14.4. The maximum absolute atomic E-state index is 14.8. The second-order valence-electron chi connectivity index (χ2n) is 23.0. The molecule has 0 spiro atoms. The second kappa shape index (κ2) is 37.2. The largest absolute Gasteiger partial charge is 0.508 e. The first-order valence-electron chi connectivity index (χ1n) is 29.5. The number of nitrogens with two attached hydrogens (primary N) is 4. The minimum absolute atomic E-state index is 0. The predicted molar refractivity (Wildman–Crippen MR) is 333 cm³/mol. The van der Waals surface area contributed by atoms with Crippen molar-refractivity contribution in [2.75, 3.05) is 6.54 Å². The highest BCUT2D eigenvalue weighted by Gasteiger charge is 2.40. The summed E-state index contributed by atoms with van der Waals surface area (Å²) in [5.74, 6) is -10.3. The van der Waals surface area contributed by atoms with Gasteiger partial charge in [0.2, 0.25) is 65.0 Å². The average molecular weight is 1260 g/mol. The Hall–Kier alpha value is -8.75. The first-order valence-corrected chi connectivity index (χ1v) is 29.5. The quantitative estimate of drug-likeness (QED) is 0.0330. The van der Waals surface area contributed by atoms with E-state index in [1.807, 2.05) is 44.2 Å². The van der Waals surface area contributed by atoms with Crippen LogP contribution in [0.1, 0.15) is 103 Å². The van der Waals surface area contributed by atoms with Crippen LogP contribution >= 0.6 is 12.4 Å². The molecule has 0 saturated heterocycles. The van der Waals surface area contributed by atoms with Gasteiger partial charge in [0.05, 0.1) is 18.5 Å². The molecule has 27 heteroatoms. The Morgan fingerprint density at radius 3 is 1.57 bits per heavy atom. The fraction of sp³-hybridized carbons (Fsp3) is 0.484. The summed E-state index contributed by atoms with van der Waals surface area (Å²) in [6.07, 6.45) is 2.60. The first kappa shape index (κ1) is 74.5. The molecule has 0 aromatic heterocycles. The van der Waals surface area contributed by atoms with Gasteiger partial charge in [-0.15, -0.1) is 12.4 Å². The Bertz CT molecular complexity index is 2920. The molecule has 89 heavy (non-hydrogen) atoms.